The zero-order chi connectivity index (χ0) is 16.5. The van der Waals surface area contributed by atoms with Gasteiger partial charge in [-0.1, -0.05) is 23.6 Å². The molecule has 2 heterocycles. The van der Waals surface area contributed by atoms with E-state index in [0.29, 0.717) is 0 Å². The van der Waals surface area contributed by atoms with Crippen molar-refractivity contribution in [3.63, 3.8) is 0 Å². The fourth-order valence-electron chi connectivity index (χ4n) is 2.10. The second-order valence-electron chi connectivity index (χ2n) is 4.52. The lowest BCUT2D eigenvalue weighted by molar-refractivity contribution is -0.0688. The molecule has 10 heteroatoms. The van der Waals surface area contributed by atoms with E-state index in [-0.39, 0.29) is 5.95 Å². The van der Waals surface area contributed by atoms with Gasteiger partial charge in [0.15, 0.2) is 11.1 Å². The van der Waals surface area contributed by atoms with Crippen LogP contribution in [0.3, 0.4) is 0 Å². The maximum Gasteiger partial charge on any atom is 0.354 e. The summed E-state index contributed by atoms with van der Waals surface area (Å²) in [6.45, 7) is 3.40. The molecule has 0 aliphatic carbocycles. The van der Waals surface area contributed by atoms with Crippen LogP contribution in [-0.4, -0.2) is 47.9 Å². The third kappa shape index (κ3) is 2.69. The average molecular weight is 347 g/mol. The molecule has 1 aliphatic heterocycles. The van der Waals surface area contributed by atoms with Gasteiger partial charge in [-0.2, -0.15) is 4.98 Å². The molecule has 0 aromatic carbocycles. The summed E-state index contributed by atoms with van der Waals surface area (Å²) in [5.74, 6) is 2.15. The summed E-state index contributed by atoms with van der Waals surface area (Å²) >= 11 is 11.7. The molecule has 0 radical (unpaired) electrons. The highest BCUT2D eigenvalue weighted by Crippen LogP contribution is 2.43. The van der Waals surface area contributed by atoms with E-state index in [4.69, 9.17) is 33.7 Å². The molecule has 0 bridgehead atoms. The van der Waals surface area contributed by atoms with Crippen molar-refractivity contribution in [2.24, 2.45) is 0 Å². The fourth-order valence-corrected chi connectivity index (χ4v) is 2.63. The Hall–Kier alpha value is -1.63. The van der Waals surface area contributed by atoms with Gasteiger partial charge in [0.1, 0.15) is 24.6 Å². The molecule has 4 N–H and O–H groups in total. The first-order valence-corrected chi connectivity index (χ1v) is 6.77. The number of ether oxygens (including phenoxy) is 1. The fraction of sp³-hybridized carbons (Fsp3) is 0.417. The Morgan fingerprint density at radius 3 is 2.91 bits per heavy atom. The zero-order valence-electron chi connectivity index (χ0n) is 11.1. The average Bonchev–Trinajstić information content (AvgIpc) is 2.72. The lowest BCUT2D eigenvalue weighted by atomic mass is 9.96. The van der Waals surface area contributed by atoms with Crippen molar-refractivity contribution >= 4 is 29.2 Å². The highest BCUT2D eigenvalue weighted by molar-refractivity contribution is 6.32. The molecule has 0 spiro atoms. The molecule has 1 fully saturated rings. The normalized spacial score (nSPS) is 32.1. The Morgan fingerprint density at radius 1 is 1.68 bits per heavy atom. The number of hydrogen-bond donors (Lipinski definition) is 3. The van der Waals surface area contributed by atoms with Gasteiger partial charge >= 0.3 is 5.69 Å². The van der Waals surface area contributed by atoms with Gasteiger partial charge in [0, 0.05) is 5.38 Å². The third-order valence-corrected chi connectivity index (χ3v) is 3.80. The zero-order valence-corrected chi connectivity index (χ0v) is 12.6. The van der Waals surface area contributed by atoms with Gasteiger partial charge in [-0.3, -0.25) is 4.57 Å². The van der Waals surface area contributed by atoms with Crippen LogP contribution in [0.4, 0.5) is 5.95 Å². The number of anilines is 1. The molecule has 2 rings (SSSR count). The quantitative estimate of drug-likeness (QED) is 0.372. The second kappa shape index (κ2) is 6.24. The van der Waals surface area contributed by atoms with E-state index in [0.717, 1.165) is 17.0 Å². The topological polar surface area (TPSA) is 123 Å². The van der Waals surface area contributed by atoms with Crippen LogP contribution in [0.15, 0.2) is 23.8 Å². The lowest BCUT2D eigenvalue weighted by Crippen LogP contribution is -2.44. The first kappa shape index (κ1) is 16.7. The van der Waals surface area contributed by atoms with Crippen molar-refractivity contribution in [1.29, 1.82) is 0 Å². The van der Waals surface area contributed by atoms with Crippen LogP contribution in [0.5, 0.6) is 0 Å². The minimum atomic E-state index is -1.79. The van der Waals surface area contributed by atoms with E-state index in [9.17, 15) is 15.0 Å². The number of hydrogen-bond acceptors (Lipinski definition) is 7. The van der Waals surface area contributed by atoms with Crippen molar-refractivity contribution in [2.45, 2.75) is 29.4 Å². The Balaban J connectivity index is 2.54. The summed E-state index contributed by atoms with van der Waals surface area (Å²) in [5, 5.41) is 22.2. The van der Waals surface area contributed by atoms with Gasteiger partial charge < -0.3 is 20.7 Å². The largest absolute Gasteiger partial charge is 0.387 e. The maximum absolute atomic E-state index is 11.9. The van der Waals surface area contributed by atoms with E-state index in [1.165, 1.54) is 0 Å². The highest BCUT2D eigenvalue weighted by atomic mass is 35.5. The van der Waals surface area contributed by atoms with Gasteiger partial charge in [0.05, 0.1) is 0 Å². The molecule has 1 aromatic rings. The summed E-state index contributed by atoms with van der Waals surface area (Å²) in [6, 6.07) is 0. The standard InChI is InChI=1S/C12H12Cl2N4O4/c1-2-6(19)7-8(20)12(14,3-4-13)9(22-7)18-5-16-10(15)17-11(18)21/h2,5-9,19-20H,1H2,(H2,15,17,21)/t6-,7-,8+,9-,12?/m1/s1. The van der Waals surface area contributed by atoms with Gasteiger partial charge in [-0.25, -0.2) is 9.78 Å². The van der Waals surface area contributed by atoms with Crippen molar-refractivity contribution in [2.75, 3.05) is 5.73 Å². The van der Waals surface area contributed by atoms with Crippen LogP contribution in [0, 0.1) is 11.3 Å². The van der Waals surface area contributed by atoms with Crippen LogP contribution in [-0.2, 0) is 4.74 Å². The van der Waals surface area contributed by atoms with Crippen molar-refractivity contribution in [1.82, 2.24) is 14.5 Å². The van der Waals surface area contributed by atoms with Gasteiger partial charge in [-0.15, -0.1) is 6.58 Å². The third-order valence-electron chi connectivity index (χ3n) is 3.20. The number of nitrogens with two attached hydrogens (primary N) is 1. The molecule has 1 unspecified atom stereocenters. The van der Waals surface area contributed by atoms with E-state index in [1.807, 2.05) is 0 Å². The molecule has 8 nitrogen and oxygen atoms in total. The van der Waals surface area contributed by atoms with Crippen molar-refractivity contribution in [3.05, 3.63) is 29.5 Å². The number of rotatable bonds is 3. The van der Waals surface area contributed by atoms with Crippen LogP contribution < -0.4 is 11.4 Å². The maximum atomic E-state index is 11.9. The molecule has 1 aliphatic rings. The van der Waals surface area contributed by atoms with Gasteiger partial charge in [-0.05, 0) is 11.6 Å². The second-order valence-corrected chi connectivity index (χ2v) is 5.33. The molecular weight excluding hydrogens is 335 g/mol. The Morgan fingerprint density at radius 2 is 2.36 bits per heavy atom. The van der Waals surface area contributed by atoms with E-state index >= 15 is 0 Å². The number of aromatic nitrogens is 3. The van der Waals surface area contributed by atoms with E-state index < -0.39 is 35.1 Å². The molecule has 5 atom stereocenters. The summed E-state index contributed by atoms with van der Waals surface area (Å²) in [7, 11) is 0. The Labute approximate surface area is 135 Å². The minimum Gasteiger partial charge on any atom is -0.387 e. The van der Waals surface area contributed by atoms with E-state index in [2.05, 4.69) is 27.8 Å². The Bertz CT molecular complexity index is 700. The van der Waals surface area contributed by atoms with Crippen molar-refractivity contribution < 1.29 is 14.9 Å². The molecule has 118 valence electrons. The number of nitrogen functional groups attached to an aromatic ring is 1. The molecule has 0 amide bonds. The predicted molar refractivity (Wildman–Crippen MR) is 79.0 cm³/mol. The molecular formula is C12H12Cl2N4O4. The molecule has 0 saturated carbocycles. The first-order valence-electron chi connectivity index (χ1n) is 6.01. The summed E-state index contributed by atoms with van der Waals surface area (Å²) in [5.41, 5.74) is 4.51. The summed E-state index contributed by atoms with van der Waals surface area (Å²) in [6.07, 6.45) is -2.93. The molecule has 1 saturated heterocycles. The number of aliphatic hydroxyl groups excluding tert-OH is 2. The Kier molecular flexibility index (Phi) is 4.75. The molecule has 22 heavy (non-hydrogen) atoms. The number of aliphatic hydroxyl groups is 2. The molecule has 1 aromatic heterocycles. The van der Waals surface area contributed by atoms with Gasteiger partial charge in [0.25, 0.3) is 0 Å². The number of alkyl halides is 1. The number of nitrogens with zero attached hydrogens (tertiary/aromatic N) is 3. The summed E-state index contributed by atoms with van der Waals surface area (Å²) in [4.78, 5) is 17.2. The smallest absolute Gasteiger partial charge is 0.354 e. The SMILES string of the molecule is C=C[C@@H](O)[C@H]1O[C@@H](n2cnc(N)nc2=O)C(Cl)(C#CCl)[C@H]1O. The van der Waals surface area contributed by atoms with E-state index in [1.54, 1.807) is 0 Å². The van der Waals surface area contributed by atoms with Crippen LogP contribution in [0.2, 0.25) is 0 Å². The van der Waals surface area contributed by atoms with Crippen LogP contribution in [0.25, 0.3) is 0 Å². The van der Waals surface area contributed by atoms with Crippen LogP contribution in [0.1, 0.15) is 6.23 Å². The number of halogens is 2. The summed E-state index contributed by atoms with van der Waals surface area (Å²) < 4.78 is 6.39. The highest BCUT2D eigenvalue weighted by Gasteiger charge is 2.57. The predicted octanol–water partition coefficient (Wildman–Crippen LogP) is -0.797. The van der Waals surface area contributed by atoms with Gasteiger partial charge in [0.2, 0.25) is 5.95 Å². The van der Waals surface area contributed by atoms with Crippen LogP contribution >= 0.6 is 23.2 Å². The minimum absolute atomic E-state index is 0.230. The lowest BCUT2D eigenvalue weighted by Gasteiger charge is -2.25. The van der Waals surface area contributed by atoms with Crippen molar-refractivity contribution in [3.8, 4) is 11.3 Å². The monoisotopic (exact) mass is 346 g/mol. The first-order chi connectivity index (χ1) is 10.3.